The molecular weight excluding hydrogens is 314 g/mol. The van der Waals surface area contributed by atoms with Gasteiger partial charge in [-0.2, -0.15) is 0 Å². The molecule has 0 unspecified atom stereocenters. The SMILES string of the molecule is CSc1ccc(-c2ccc3cc(-n4cnc(C)c4)ccc3n2)cc1. The van der Waals surface area contributed by atoms with Crippen LogP contribution in [0, 0.1) is 6.92 Å². The average Bonchev–Trinajstić information content (AvgIpc) is 3.07. The number of hydrogen-bond donors (Lipinski definition) is 0. The lowest BCUT2D eigenvalue weighted by atomic mass is 10.1. The molecule has 0 radical (unpaired) electrons. The van der Waals surface area contributed by atoms with Gasteiger partial charge in [0.15, 0.2) is 0 Å². The van der Waals surface area contributed by atoms with Crippen LogP contribution in [0.2, 0.25) is 0 Å². The van der Waals surface area contributed by atoms with Crippen LogP contribution >= 0.6 is 11.8 Å². The minimum atomic E-state index is 1.00. The molecule has 2 aromatic carbocycles. The molecule has 4 aromatic rings. The molecule has 0 bridgehead atoms. The van der Waals surface area contributed by atoms with Gasteiger partial charge in [-0.3, -0.25) is 0 Å². The van der Waals surface area contributed by atoms with E-state index in [1.807, 2.05) is 24.0 Å². The van der Waals surface area contributed by atoms with E-state index in [1.165, 1.54) is 4.90 Å². The quantitative estimate of drug-likeness (QED) is 0.488. The number of rotatable bonds is 3. The summed E-state index contributed by atoms with van der Waals surface area (Å²) in [7, 11) is 0. The Morgan fingerprint density at radius 3 is 2.50 bits per heavy atom. The molecule has 0 N–H and O–H groups in total. The molecular formula is C20H17N3S. The predicted octanol–water partition coefficient (Wildman–Crippen LogP) is 5.12. The van der Waals surface area contributed by atoms with Crippen molar-refractivity contribution in [3.63, 3.8) is 0 Å². The number of thioether (sulfide) groups is 1. The first-order valence-corrected chi connectivity index (χ1v) is 9.01. The largest absolute Gasteiger partial charge is 0.306 e. The molecule has 118 valence electrons. The third-order valence-electron chi connectivity index (χ3n) is 4.07. The van der Waals surface area contributed by atoms with Crippen molar-refractivity contribution in [2.75, 3.05) is 6.26 Å². The minimum absolute atomic E-state index is 1.00. The highest BCUT2D eigenvalue weighted by Crippen LogP contribution is 2.25. The van der Waals surface area contributed by atoms with E-state index in [1.54, 1.807) is 11.8 Å². The van der Waals surface area contributed by atoms with Crippen LogP contribution in [0.3, 0.4) is 0 Å². The van der Waals surface area contributed by atoms with Gasteiger partial charge in [-0.15, -0.1) is 11.8 Å². The highest BCUT2D eigenvalue weighted by Gasteiger charge is 2.04. The van der Waals surface area contributed by atoms with Crippen molar-refractivity contribution in [3.05, 3.63) is 72.8 Å². The van der Waals surface area contributed by atoms with E-state index in [2.05, 4.69) is 65.8 Å². The Labute approximate surface area is 145 Å². The smallest absolute Gasteiger partial charge is 0.0995 e. The lowest BCUT2D eigenvalue weighted by molar-refractivity contribution is 1.06. The van der Waals surface area contributed by atoms with E-state index >= 15 is 0 Å². The van der Waals surface area contributed by atoms with Gasteiger partial charge in [-0.05, 0) is 49.6 Å². The van der Waals surface area contributed by atoms with Crippen molar-refractivity contribution in [2.45, 2.75) is 11.8 Å². The van der Waals surface area contributed by atoms with Crippen LogP contribution in [0.15, 0.2) is 72.0 Å². The molecule has 4 rings (SSSR count). The monoisotopic (exact) mass is 331 g/mol. The minimum Gasteiger partial charge on any atom is -0.306 e. The normalized spacial score (nSPS) is 11.1. The lowest BCUT2D eigenvalue weighted by Crippen LogP contribution is -1.91. The van der Waals surface area contributed by atoms with E-state index in [9.17, 15) is 0 Å². The van der Waals surface area contributed by atoms with Crippen molar-refractivity contribution >= 4 is 22.7 Å². The molecule has 0 spiro atoms. The van der Waals surface area contributed by atoms with E-state index in [0.29, 0.717) is 0 Å². The van der Waals surface area contributed by atoms with Crippen LogP contribution in [-0.4, -0.2) is 20.8 Å². The molecule has 0 saturated carbocycles. The van der Waals surface area contributed by atoms with Crippen LogP contribution in [0.1, 0.15) is 5.69 Å². The predicted molar refractivity (Wildman–Crippen MR) is 101 cm³/mol. The Bertz CT molecular complexity index is 1000. The molecule has 24 heavy (non-hydrogen) atoms. The molecule has 3 nitrogen and oxygen atoms in total. The summed E-state index contributed by atoms with van der Waals surface area (Å²) in [5.41, 5.74) is 5.26. The number of aryl methyl sites for hydroxylation is 1. The fraction of sp³-hybridized carbons (Fsp3) is 0.100. The Kier molecular flexibility index (Phi) is 3.82. The average molecular weight is 331 g/mol. The molecule has 0 aliphatic rings. The van der Waals surface area contributed by atoms with E-state index in [0.717, 1.165) is 33.5 Å². The summed E-state index contributed by atoms with van der Waals surface area (Å²) >= 11 is 1.75. The molecule has 4 heteroatoms. The van der Waals surface area contributed by atoms with Crippen molar-refractivity contribution in [3.8, 4) is 16.9 Å². The van der Waals surface area contributed by atoms with Crippen molar-refractivity contribution in [2.24, 2.45) is 0 Å². The maximum atomic E-state index is 4.81. The summed E-state index contributed by atoms with van der Waals surface area (Å²) in [5.74, 6) is 0. The van der Waals surface area contributed by atoms with Gasteiger partial charge in [0.1, 0.15) is 0 Å². The van der Waals surface area contributed by atoms with Gasteiger partial charge in [0.2, 0.25) is 0 Å². The number of benzene rings is 2. The van der Waals surface area contributed by atoms with Crippen LogP contribution in [0.25, 0.3) is 27.8 Å². The van der Waals surface area contributed by atoms with Gasteiger partial charge in [-0.25, -0.2) is 9.97 Å². The zero-order valence-corrected chi connectivity index (χ0v) is 14.4. The Balaban J connectivity index is 1.73. The number of nitrogens with zero attached hydrogens (tertiary/aromatic N) is 3. The summed E-state index contributed by atoms with van der Waals surface area (Å²) in [6.45, 7) is 1.99. The van der Waals surface area contributed by atoms with Crippen molar-refractivity contribution in [1.82, 2.24) is 14.5 Å². The van der Waals surface area contributed by atoms with E-state index in [4.69, 9.17) is 4.98 Å². The van der Waals surface area contributed by atoms with Crippen LogP contribution in [0.4, 0.5) is 0 Å². The van der Waals surface area contributed by atoms with E-state index < -0.39 is 0 Å². The number of hydrogen-bond acceptors (Lipinski definition) is 3. The first kappa shape index (κ1) is 15.0. The summed E-state index contributed by atoms with van der Waals surface area (Å²) < 4.78 is 2.03. The number of aromatic nitrogens is 3. The first-order valence-electron chi connectivity index (χ1n) is 7.79. The van der Waals surface area contributed by atoms with Gasteiger partial charge in [0, 0.05) is 27.7 Å². The van der Waals surface area contributed by atoms with Crippen LogP contribution < -0.4 is 0 Å². The highest BCUT2D eigenvalue weighted by atomic mass is 32.2. The lowest BCUT2D eigenvalue weighted by Gasteiger charge is -2.07. The molecule has 2 aromatic heterocycles. The summed E-state index contributed by atoms with van der Waals surface area (Å²) in [6.07, 6.45) is 5.95. The second-order valence-electron chi connectivity index (χ2n) is 5.72. The second-order valence-corrected chi connectivity index (χ2v) is 6.60. The van der Waals surface area contributed by atoms with Crippen molar-refractivity contribution in [1.29, 1.82) is 0 Å². The first-order chi connectivity index (χ1) is 11.7. The zero-order valence-electron chi connectivity index (χ0n) is 13.6. The standard InChI is InChI=1S/C20H17N3S/c1-14-12-23(13-21-14)17-6-10-20-16(11-17)5-9-19(22-20)15-3-7-18(24-2)8-4-15/h3-13H,1-2H3. The van der Waals surface area contributed by atoms with Gasteiger partial charge in [-0.1, -0.05) is 18.2 Å². The van der Waals surface area contributed by atoms with Crippen LogP contribution in [-0.2, 0) is 0 Å². The molecule has 0 saturated heterocycles. The maximum Gasteiger partial charge on any atom is 0.0995 e. The summed E-state index contributed by atoms with van der Waals surface area (Å²) in [5, 5.41) is 1.13. The van der Waals surface area contributed by atoms with Gasteiger partial charge >= 0.3 is 0 Å². The molecule has 0 atom stereocenters. The number of fused-ring (bicyclic) bond motifs is 1. The zero-order chi connectivity index (χ0) is 16.5. The van der Waals surface area contributed by atoms with Crippen molar-refractivity contribution < 1.29 is 0 Å². The maximum absolute atomic E-state index is 4.81. The number of imidazole rings is 1. The summed E-state index contributed by atoms with van der Waals surface area (Å²) in [4.78, 5) is 10.4. The molecule has 0 aliphatic heterocycles. The van der Waals surface area contributed by atoms with Gasteiger partial charge in [0.05, 0.1) is 23.2 Å². The topological polar surface area (TPSA) is 30.7 Å². The van der Waals surface area contributed by atoms with Gasteiger partial charge < -0.3 is 4.57 Å². The summed E-state index contributed by atoms with van der Waals surface area (Å²) in [6, 6.07) is 19.0. The molecule has 0 fully saturated rings. The molecule has 0 aliphatic carbocycles. The fourth-order valence-electron chi connectivity index (χ4n) is 2.76. The number of pyridine rings is 1. The second kappa shape index (κ2) is 6.13. The fourth-order valence-corrected chi connectivity index (χ4v) is 3.17. The third-order valence-corrected chi connectivity index (χ3v) is 4.81. The van der Waals surface area contributed by atoms with Crippen LogP contribution in [0.5, 0.6) is 0 Å². The molecule has 0 amide bonds. The third kappa shape index (κ3) is 2.81. The Morgan fingerprint density at radius 1 is 0.958 bits per heavy atom. The van der Waals surface area contributed by atoms with Gasteiger partial charge in [0.25, 0.3) is 0 Å². The van der Waals surface area contributed by atoms with E-state index in [-0.39, 0.29) is 0 Å². The highest BCUT2D eigenvalue weighted by molar-refractivity contribution is 7.98. The molecule has 2 heterocycles. The Morgan fingerprint density at radius 2 is 1.79 bits per heavy atom. The Hall–Kier alpha value is -2.59.